The minimum atomic E-state index is -0.471. The van der Waals surface area contributed by atoms with Gasteiger partial charge in [-0.05, 0) is 17.7 Å². The third-order valence-corrected chi connectivity index (χ3v) is 3.14. The lowest BCUT2D eigenvalue weighted by Crippen LogP contribution is -2.07. The maximum atomic E-state index is 11.7. The van der Waals surface area contributed by atoms with Gasteiger partial charge in [0.25, 0.3) is 0 Å². The maximum absolute atomic E-state index is 11.7. The van der Waals surface area contributed by atoms with E-state index in [1.165, 1.54) is 14.2 Å². The fourth-order valence-electron chi connectivity index (χ4n) is 1.68. The summed E-state index contributed by atoms with van der Waals surface area (Å²) in [5.41, 5.74) is 2.02. The molecule has 2 rings (SSSR count). The van der Waals surface area contributed by atoms with Crippen LogP contribution in [0.5, 0.6) is 0 Å². The standard InChI is InChI=1S/C12H10Cl2N2O3/c1-18-5-6-3-8-9(4-7(6)12(17)19-2)16-11(14)10(13)15-8/h3-4H,5H2,1-2H3. The summed E-state index contributed by atoms with van der Waals surface area (Å²) in [6.07, 6.45) is 0. The van der Waals surface area contributed by atoms with E-state index in [0.29, 0.717) is 22.2 Å². The Kier molecular flexibility index (Phi) is 4.19. The number of ether oxygens (including phenoxy) is 2. The summed E-state index contributed by atoms with van der Waals surface area (Å²) in [7, 11) is 2.84. The molecule has 0 unspecified atom stereocenters. The van der Waals surface area contributed by atoms with Crippen LogP contribution in [0.25, 0.3) is 11.0 Å². The number of esters is 1. The number of hydrogen-bond donors (Lipinski definition) is 0. The van der Waals surface area contributed by atoms with Crippen LogP contribution in [0.15, 0.2) is 12.1 Å². The first-order valence-electron chi connectivity index (χ1n) is 5.29. The largest absolute Gasteiger partial charge is 0.465 e. The van der Waals surface area contributed by atoms with Gasteiger partial charge in [-0.2, -0.15) is 0 Å². The summed E-state index contributed by atoms with van der Waals surface area (Å²) in [4.78, 5) is 19.9. The molecule has 0 bridgehead atoms. The highest BCUT2D eigenvalue weighted by molar-refractivity contribution is 6.40. The molecule has 0 amide bonds. The Hall–Kier alpha value is -1.43. The average molecular weight is 301 g/mol. The molecule has 19 heavy (non-hydrogen) atoms. The van der Waals surface area contributed by atoms with Crippen molar-refractivity contribution in [1.82, 2.24) is 9.97 Å². The van der Waals surface area contributed by atoms with Gasteiger partial charge >= 0.3 is 5.97 Å². The van der Waals surface area contributed by atoms with E-state index in [0.717, 1.165) is 0 Å². The molecule has 0 N–H and O–H groups in total. The number of carbonyl (C=O) groups is 1. The Bertz CT molecular complexity index is 646. The maximum Gasteiger partial charge on any atom is 0.338 e. The number of carbonyl (C=O) groups excluding carboxylic acids is 1. The number of nitrogens with zero attached hydrogens (tertiary/aromatic N) is 2. The van der Waals surface area contributed by atoms with Crippen molar-refractivity contribution in [2.24, 2.45) is 0 Å². The third-order valence-electron chi connectivity index (χ3n) is 2.51. The molecule has 0 aliphatic carbocycles. The predicted octanol–water partition coefficient (Wildman–Crippen LogP) is 2.87. The van der Waals surface area contributed by atoms with Crippen molar-refractivity contribution in [3.8, 4) is 0 Å². The van der Waals surface area contributed by atoms with E-state index >= 15 is 0 Å². The number of hydrogen-bond acceptors (Lipinski definition) is 5. The summed E-state index contributed by atoms with van der Waals surface area (Å²) < 4.78 is 9.78. The van der Waals surface area contributed by atoms with Gasteiger partial charge in [-0.15, -0.1) is 0 Å². The van der Waals surface area contributed by atoms with Crippen molar-refractivity contribution < 1.29 is 14.3 Å². The number of methoxy groups -OCH3 is 2. The minimum Gasteiger partial charge on any atom is -0.465 e. The van der Waals surface area contributed by atoms with Crippen LogP contribution in [0.1, 0.15) is 15.9 Å². The Balaban J connectivity index is 2.68. The van der Waals surface area contributed by atoms with E-state index in [4.69, 9.17) is 32.7 Å². The van der Waals surface area contributed by atoms with Crippen molar-refractivity contribution in [3.05, 3.63) is 33.6 Å². The highest BCUT2D eigenvalue weighted by atomic mass is 35.5. The van der Waals surface area contributed by atoms with Gasteiger partial charge in [-0.1, -0.05) is 23.2 Å². The molecule has 1 aromatic heterocycles. The number of fused-ring (bicyclic) bond motifs is 1. The van der Waals surface area contributed by atoms with Crippen LogP contribution in [0.3, 0.4) is 0 Å². The first-order valence-corrected chi connectivity index (χ1v) is 6.05. The molecule has 0 spiro atoms. The van der Waals surface area contributed by atoms with Gasteiger partial charge in [0.15, 0.2) is 10.3 Å². The molecule has 0 radical (unpaired) electrons. The predicted molar refractivity (Wildman–Crippen MR) is 71.6 cm³/mol. The fourth-order valence-corrected chi connectivity index (χ4v) is 1.94. The van der Waals surface area contributed by atoms with Crippen LogP contribution in [0.4, 0.5) is 0 Å². The van der Waals surface area contributed by atoms with E-state index in [9.17, 15) is 4.79 Å². The lowest BCUT2D eigenvalue weighted by Gasteiger charge is -2.09. The smallest absolute Gasteiger partial charge is 0.338 e. The number of halogens is 2. The van der Waals surface area contributed by atoms with Crippen LogP contribution in [-0.4, -0.2) is 30.2 Å². The molecule has 0 aliphatic heterocycles. The second-order valence-corrected chi connectivity index (χ2v) is 4.44. The normalized spacial score (nSPS) is 10.7. The fraction of sp³-hybridized carbons (Fsp3) is 0.250. The third kappa shape index (κ3) is 2.78. The molecule has 0 atom stereocenters. The topological polar surface area (TPSA) is 61.3 Å². The Morgan fingerprint density at radius 2 is 1.74 bits per heavy atom. The molecule has 1 heterocycles. The zero-order valence-corrected chi connectivity index (χ0v) is 11.7. The van der Waals surface area contributed by atoms with Crippen LogP contribution in [0.2, 0.25) is 10.3 Å². The number of rotatable bonds is 3. The molecule has 7 heteroatoms. The van der Waals surface area contributed by atoms with Gasteiger partial charge in [-0.25, -0.2) is 14.8 Å². The van der Waals surface area contributed by atoms with E-state index in [1.807, 2.05) is 0 Å². The molecule has 0 fully saturated rings. The van der Waals surface area contributed by atoms with Crippen molar-refractivity contribution in [2.75, 3.05) is 14.2 Å². The van der Waals surface area contributed by atoms with Gasteiger partial charge in [0.05, 0.1) is 30.3 Å². The number of aromatic nitrogens is 2. The van der Waals surface area contributed by atoms with Gasteiger partial charge in [0.1, 0.15) is 0 Å². The second-order valence-electron chi connectivity index (χ2n) is 3.73. The van der Waals surface area contributed by atoms with Gasteiger partial charge in [0, 0.05) is 7.11 Å². The highest BCUT2D eigenvalue weighted by Gasteiger charge is 2.15. The van der Waals surface area contributed by atoms with Crippen molar-refractivity contribution in [2.45, 2.75) is 6.61 Å². The van der Waals surface area contributed by atoms with Crippen LogP contribution < -0.4 is 0 Å². The van der Waals surface area contributed by atoms with Crippen molar-refractivity contribution >= 4 is 40.2 Å². The number of benzene rings is 1. The summed E-state index contributed by atoms with van der Waals surface area (Å²) >= 11 is 11.6. The molecule has 2 aromatic rings. The zero-order valence-electron chi connectivity index (χ0n) is 10.2. The van der Waals surface area contributed by atoms with E-state index in [-0.39, 0.29) is 16.9 Å². The quantitative estimate of drug-likeness (QED) is 0.816. The second kappa shape index (κ2) is 5.69. The molecule has 1 aromatic carbocycles. The lowest BCUT2D eigenvalue weighted by molar-refractivity contribution is 0.0596. The van der Waals surface area contributed by atoms with Crippen molar-refractivity contribution in [3.63, 3.8) is 0 Å². The summed E-state index contributed by atoms with van der Waals surface area (Å²) in [5, 5.41) is 0.202. The van der Waals surface area contributed by atoms with Gasteiger partial charge in [0.2, 0.25) is 0 Å². The highest BCUT2D eigenvalue weighted by Crippen LogP contribution is 2.24. The molecule has 0 aliphatic rings. The lowest BCUT2D eigenvalue weighted by atomic mass is 10.1. The van der Waals surface area contributed by atoms with Crippen LogP contribution >= 0.6 is 23.2 Å². The monoisotopic (exact) mass is 300 g/mol. The van der Waals surface area contributed by atoms with E-state index < -0.39 is 5.97 Å². The average Bonchev–Trinajstić information content (AvgIpc) is 2.39. The van der Waals surface area contributed by atoms with Crippen LogP contribution in [0, 0.1) is 0 Å². The molecule has 100 valence electrons. The zero-order chi connectivity index (χ0) is 14.0. The molecule has 0 saturated carbocycles. The molecule has 0 saturated heterocycles. The minimum absolute atomic E-state index is 0.0875. The molecular weight excluding hydrogens is 291 g/mol. The van der Waals surface area contributed by atoms with Crippen molar-refractivity contribution in [1.29, 1.82) is 0 Å². The van der Waals surface area contributed by atoms with Gasteiger partial charge < -0.3 is 9.47 Å². The van der Waals surface area contributed by atoms with E-state index in [1.54, 1.807) is 12.1 Å². The summed E-state index contributed by atoms with van der Waals surface area (Å²) in [6, 6.07) is 3.24. The first kappa shape index (κ1) is 14.0. The summed E-state index contributed by atoms with van der Waals surface area (Å²) in [6.45, 7) is 0.252. The van der Waals surface area contributed by atoms with Gasteiger partial charge in [-0.3, -0.25) is 0 Å². The molecule has 5 nitrogen and oxygen atoms in total. The first-order chi connectivity index (χ1) is 9.06. The Labute approximate surface area is 119 Å². The SMILES string of the molecule is COCc1cc2nc(Cl)c(Cl)nc2cc1C(=O)OC. The Morgan fingerprint density at radius 3 is 2.26 bits per heavy atom. The van der Waals surface area contributed by atoms with Crippen LogP contribution in [-0.2, 0) is 16.1 Å². The van der Waals surface area contributed by atoms with E-state index in [2.05, 4.69) is 9.97 Å². The molecular formula is C12H10Cl2N2O3. The summed E-state index contributed by atoms with van der Waals surface area (Å²) in [5.74, 6) is -0.471. The Morgan fingerprint density at radius 1 is 1.16 bits per heavy atom.